The number of hydrogen-bond acceptors (Lipinski definition) is 3. The average molecular weight is 347 g/mol. The molecule has 0 unspecified atom stereocenters. The summed E-state index contributed by atoms with van der Waals surface area (Å²) in [7, 11) is 0. The lowest BCUT2D eigenvalue weighted by molar-refractivity contribution is -0.143. The third kappa shape index (κ3) is 7.19. The van der Waals surface area contributed by atoms with Crippen LogP contribution in [0, 0.1) is 5.92 Å². The number of aryl methyl sites for hydroxylation is 1. The van der Waals surface area contributed by atoms with Gasteiger partial charge in [-0.25, -0.2) is 0 Å². The molecule has 3 heteroatoms. The summed E-state index contributed by atoms with van der Waals surface area (Å²) in [6.07, 6.45) is 12.3. The van der Waals surface area contributed by atoms with Crippen molar-refractivity contribution in [2.75, 3.05) is 0 Å². The Bertz CT molecular complexity index is 485. The molecular formula is C22H34O3. The number of ether oxygens (including phenoxy) is 1. The van der Waals surface area contributed by atoms with E-state index >= 15 is 0 Å². The summed E-state index contributed by atoms with van der Waals surface area (Å²) in [6.45, 7) is 1.77. The molecule has 0 amide bonds. The highest BCUT2D eigenvalue weighted by Crippen LogP contribution is 2.26. The molecule has 0 aliphatic carbocycles. The minimum atomic E-state index is -0.608. The van der Waals surface area contributed by atoms with Crippen molar-refractivity contribution in [1.29, 1.82) is 0 Å². The Kier molecular flexibility index (Phi) is 9.03. The first-order chi connectivity index (χ1) is 12.2. The van der Waals surface area contributed by atoms with Crippen LogP contribution in [0.3, 0.4) is 0 Å². The van der Waals surface area contributed by atoms with Gasteiger partial charge in [0.2, 0.25) is 0 Å². The molecule has 140 valence electrons. The first-order valence-corrected chi connectivity index (χ1v) is 10.1. The standard InChI is InChI=1S/C22H34O3/c1-18-21(23)20(22(24)25-18)17-13-8-6-4-2-3-5-7-10-14-19-15-11-9-12-16-19/h9,11-12,15-16,18,20-21,23H,2-8,10,13-14,17H2,1H3/t18-,20+,21+/m0/s1. The van der Waals surface area contributed by atoms with E-state index in [1.54, 1.807) is 6.92 Å². The summed E-state index contributed by atoms with van der Waals surface area (Å²) in [6, 6.07) is 10.7. The Hall–Kier alpha value is -1.35. The molecule has 1 aliphatic rings. The zero-order chi connectivity index (χ0) is 17.9. The molecule has 3 atom stereocenters. The van der Waals surface area contributed by atoms with Gasteiger partial charge in [-0.1, -0.05) is 81.7 Å². The molecule has 1 aromatic rings. The fourth-order valence-electron chi connectivity index (χ4n) is 3.67. The Morgan fingerprint density at radius 1 is 0.880 bits per heavy atom. The summed E-state index contributed by atoms with van der Waals surface area (Å²) in [5.41, 5.74) is 1.45. The lowest BCUT2D eigenvalue weighted by Crippen LogP contribution is -2.24. The first-order valence-electron chi connectivity index (χ1n) is 10.1. The monoisotopic (exact) mass is 346 g/mol. The predicted molar refractivity (Wildman–Crippen MR) is 101 cm³/mol. The first kappa shape index (κ1) is 20.0. The summed E-state index contributed by atoms with van der Waals surface area (Å²) < 4.78 is 5.07. The summed E-state index contributed by atoms with van der Waals surface area (Å²) in [4.78, 5) is 11.6. The maximum Gasteiger partial charge on any atom is 0.312 e. The van der Waals surface area contributed by atoms with Crippen molar-refractivity contribution in [3.63, 3.8) is 0 Å². The third-order valence-electron chi connectivity index (χ3n) is 5.32. The maximum absolute atomic E-state index is 11.6. The fraction of sp³-hybridized carbons (Fsp3) is 0.682. The van der Waals surface area contributed by atoms with Gasteiger partial charge >= 0.3 is 5.97 Å². The van der Waals surface area contributed by atoms with Crippen LogP contribution in [-0.4, -0.2) is 23.3 Å². The van der Waals surface area contributed by atoms with E-state index < -0.39 is 6.10 Å². The van der Waals surface area contributed by atoms with Gasteiger partial charge in [-0.15, -0.1) is 0 Å². The van der Waals surface area contributed by atoms with Crippen LogP contribution in [0.25, 0.3) is 0 Å². The van der Waals surface area contributed by atoms with E-state index in [2.05, 4.69) is 30.3 Å². The highest BCUT2D eigenvalue weighted by atomic mass is 16.6. The van der Waals surface area contributed by atoms with Crippen molar-refractivity contribution >= 4 is 5.97 Å². The maximum atomic E-state index is 11.6. The highest BCUT2D eigenvalue weighted by Gasteiger charge is 2.40. The highest BCUT2D eigenvalue weighted by molar-refractivity contribution is 5.75. The zero-order valence-electron chi connectivity index (χ0n) is 15.7. The van der Waals surface area contributed by atoms with Crippen LogP contribution in [0.4, 0.5) is 0 Å². The molecule has 0 radical (unpaired) electrons. The molecule has 1 aromatic carbocycles. The Labute approximate surface area is 152 Å². The Morgan fingerprint density at radius 3 is 2.00 bits per heavy atom. The molecule has 1 saturated heterocycles. The molecule has 0 saturated carbocycles. The normalized spacial score (nSPS) is 23.0. The Morgan fingerprint density at radius 2 is 1.44 bits per heavy atom. The summed E-state index contributed by atoms with van der Waals surface area (Å²) >= 11 is 0. The molecule has 0 spiro atoms. The number of unbranched alkanes of at least 4 members (excludes halogenated alkanes) is 8. The molecule has 1 heterocycles. The van der Waals surface area contributed by atoms with Gasteiger partial charge in [0.15, 0.2) is 0 Å². The van der Waals surface area contributed by atoms with Crippen molar-refractivity contribution in [2.24, 2.45) is 5.92 Å². The third-order valence-corrected chi connectivity index (χ3v) is 5.32. The SMILES string of the molecule is C[C@@H]1OC(=O)[C@H](CCCCCCCCCCCc2ccccc2)[C@@H]1O. The van der Waals surface area contributed by atoms with E-state index in [4.69, 9.17) is 4.74 Å². The fourth-order valence-corrected chi connectivity index (χ4v) is 3.67. The smallest absolute Gasteiger partial charge is 0.312 e. The molecule has 0 bridgehead atoms. The molecule has 2 rings (SSSR count). The van der Waals surface area contributed by atoms with Crippen LogP contribution in [-0.2, 0) is 16.0 Å². The number of esters is 1. The van der Waals surface area contributed by atoms with Crippen LogP contribution in [0.5, 0.6) is 0 Å². The number of aliphatic hydroxyl groups excluding tert-OH is 1. The van der Waals surface area contributed by atoms with E-state index in [1.807, 2.05) is 0 Å². The molecule has 1 fully saturated rings. The second kappa shape index (κ2) is 11.3. The van der Waals surface area contributed by atoms with Crippen molar-refractivity contribution in [3.05, 3.63) is 35.9 Å². The van der Waals surface area contributed by atoms with Gasteiger partial charge in [-0.2, -0.15) is 0 Å². The quantitative estimate of drug-likeness (QED) is 0.425. The van der Waals surface area contributed by atoms with Crippen LogP contribution < -0.4 is 0 Å². The topological polar surface area (TPSA) is 46.5 Å². The van der Waals surface area contributed by atoms with E-state index in [0.717, 1.165) is 19.3 Å². The van der Waals surface area contributed by atoms with Crippen molar-refractivity contribution in [2.45, 2.75) is 89.8 Å². The minimum absolute atomic E-state index is 0.212. The largest absolute Gasteiger partial charge is 0.460 e. The van der Waals surface area contributed by atoms with Crippen molar-refractivity contribution in [1.82, 2.24) is 0 Å². The second-order valence-corrected chi connectivity index (χ2v) is 7.45. The van der Waals surface area contributed by atoms with Gasteiger partial charge in [0.05, 0.1) is 5.92 Å². The van der Waals surface area contributed by atoms with Gasteiger partial charge in [0, 0.05) is 0 Å². The van der Waals surface area contributed by atoms with Gasteiger partial charge in [-0.05, 0) is 31.7 Å². The molecular weight excluding hydrogens is 312 g/mol. The number of hydrogen-bond donors (Lipinski definition) is 1. The Balaban J connectivity index is 1.37. The van der Waals surface area contributed by atoms with Crippen LogP contribution in [0.2, 0.25) is 0 Å². The molecule has 1 aliphatic heterocycles. The minimum Gasteiger partial charge on any atom is -0.460 e. The summed E-state index contributed by atoms with van der Waals surface area (Å²) in [5, 5.41) is 9.90. The number of carbonyl (C=O) groups is 1. The number of benzene rings is 1. The van der Waals surface area contributed by atoms with Crippen molar-refractivity contribution in [3.8, 4) is 0 Å². The van der Waals surface area contributed by atoms with E-state index in [-0.39, 0.29) is 18.0 Å². The predicted octanol–water partition coefficient (Wildman–Crippen LogP) is 5.05. The van der Waals surface area contributed by atoms with E-state index in [9.17, 15) is 9.90 Å². The van der Waals surface area contributed by atoms with Crippen molar-refractivity contribution < 1.29 is 14.6 Å². The second-order valence-electron chi connectivity index (χ2n) is 7.45. The number of rotatable bonds is 12. The van der Waals surface area contributed by atoms with Gasteiger partial charge < -0.3 is 9.84 Å². The van der Waals surface area contributed by atoms with Gasteiger partial charge in [0.1, 0.15) is 12.2 Å². The van der Waals surface area contributed by atoms with Gasteiger partial charge in [-0.3, -0.25) is 4.79 Å². The molecule has 1 N–H and O–H groups in total. The van der Waals surface area contributed by atoms with E-state index in [0.29, 0.717) is 0 Å². The van der Waals surface area contributed by atoms with Crippen LogP contribution in [0.15, 0.2) is 30.3 Å². The molecule has 0 aromatic heterocycles. The van der Waals surface area contributed by atoms with Crippen LogP contribution in [0.1, 0.15) is 76.7 Å². The van der Waals surface area contributed by atoms with Crippen LogP contribution >= 0.6 is 0 Å². The summed E-state index contributed by atoms with van der Waals surface area (Å²) in [5.74, 6) is -0.505. The number of carbonyl (C=O) groups excluding carboxylic acids is 1. The average Bonchev–Trinajstić information content (AvgIpc) is 2.86. The lowest BCUT2D eigenvalue weighted by atomic mass is 9.95. The number of aliphatic hydroxyl groups is 1. The number of cyclic esters (lactones) is 1. The molecule has 3 nitrogen and oxygen atoms in total. The van der Waals surface area contributed by atoms with E-state index in [1.165, 1.54) is 56.9 Å². The molecule has 25 heavy (non-hydrogen) atoms. The zero-order valence-corrected chi connectivity index (χ0v) is 15.7. The lowest BCUT2D eigenvalue weighted by Gasteiger charge is -2.11. The van der Waals surface area contributed by atoms with Gasteiger partial charge in [0.25, 0.3) is 0 Å².